The third-order valence-corrected chi connectivity index (χ3v) is 5.81. The molecule has 136 valence electrons. The molecule has 5 rings (SSSR count). The first-order chi connectivity index (χ1) is 13.8. The highest BCUT2D eigenvalue weighted by Crippen LogP contribution is 2.28. The number of pyridine rings is 1. The lowest BCUT2D eigenvalue weighted by Gasteiger charge is -1.98. The summed E-state index contributed by atoms with van der Waals surface area (Å²) in [5, 5.41) is 8.89. The van der Waals surface area contributed by atoms with Gasteiger partial charge in [0, 0.05) is 39.6 Å². The number of nitrogens with zero attached hydrogens (tertiary/aromatic N) is 3. The van der Waals surface area contributed by atoms with Crippen LogP contribution < -0.4 is 5.32 Å². The summed E-state index contributed by atoms with van der Waals surface area (Å²) in [5.41, 5.74) is 4.01. The number of thiazole rings is 2. The quantitative estimate of drug-likeness (QED) is 0.439. The Balaban J connectivity index is 1.34. The van der Waals surface area contributed by atoms with Gasteiger partial charge in [0.25, 0.3) is 5.91 Å². The first-order valence-corrected chi connectivity index (χ1v) is 10.2. The third-order valence-electron chi connectivity index (χ3n) is 4.18. The molecule has 0 aliphatic heterocycles. The van der Waals surface area contributed by atoms with Gasteiger partial charge in [0.2, 0.25) is 0 Å². The molecular weight excluding hydrogens is 390 g/mol. The Morgan fingerprint density at radius 3 is 2.82 bits per heavy atom. The van der Waals surface area contributed by atoms with Crippen LogP contribution in [0.15, 0.2) is 65.6 Å². The fourth-order valence-electron chi connectivity index (χ4n) is 2.83. The van der Waals surface area contributed by atoms with Crippen LogP contribution in [0.3, 0.4) is 0 Å². The molecule has 4 heterocycles. The summed E-state index contributed by atoms with van der Waals surface area (Å²) in [5.74, 6) is -0.273. The van der Waals surface area contributed by atoms with E-state index in [0.29, 0.717) is 10.8 Å². The maximum absolute atomic E-state index is 12.6. The molecule has 1 aromatic carbocycles. The van der Waals surface area contributed by atoms with Crippen LogP contribution in [0.2, 0.25) is 0 Å². The van der Waals surface area contributed by atoms with E-state index in [-0.39, 0.29) is 5.91 Å². The topological polar surface area (TPSA) is 83.6 Å². The van der Waals surface area contributed by atoms with Gasteiger partial charge in [-0.1, -0.05) is 18.2 Å². The van der Waals surface area contributed by atoms with Gasteiger partial charge in [-0.3, -0.25) is 15.1 Å². The lowest BCUT2D eigenvalue weighted by Crippen LogP contribution is -2.12. The second-order valence-corrected chi connectivity index (χ2v) is 7.76. The highest BCUT2D eigenvalue weighted by atomic mass is 32.1. The molecular formula is C20H13N5OS2. The molecule has 0 bridgehead atoms. The molecule has 0 atom stereocenters. The van der Waals surface area contributed by atoms with E-state index in [1.54, 1.807) is 17.8 Å². The monoisotopic (exact) mass is 403 g/mol. The number of anilines is 1. The van der Waals surface area contributed by atoms with Crippen molar-refractivity contribution in [3.8, 4) is 22.0 Å². The van der Waals surface area contributed by atoms with Gasteiger partial charge in [-0.05, 0) is 24.3 Å². The number of hydrogen-bond donors (Lipinski definition) is 2. The van der Waals surface area contributed by atoms with Crippen molar-refractivity contribution in [1.82, 2.24) is 19.9 Å². The summed E-state index contributed by atoms with van der Waals surface area (Å²) in [6, 6.07) is 13.9. The smallest absolute Gasteiger partial charge is 0.276 e. The van der Waals surface area contributed by atoms with Crippen molar-refractivity contribution < 1.29 is 4.79 Å². The molecule has 28 heavy (non-hydrogen) atoms. The van der Waals surface area contributed by atoms with Gasteiger partial charge in [0.1, 0.15) is 10.7 Å². The Morgan fingerprint density at radius 1 is 1.04 bits per heavy atom. The highest BCUT2D eigenvalue weighted by molar-refractivity contribution is 7.14. The van der Waals surface area contributed by atoms with Crippen LogP contribution in [0.5, 0.6) is 0 Å². The summed E-state index contributed by atoms with van der Waals surface area (Å²) in [4.78, 5) is 28.9. The zero-order chi connectivity index (χ0) is 18.9. The van der Waals surface area contributed by atoms with Gasteiger partial charge in [-0.2, -0.15) is 0 Å². The Bertz CT molecular complexity index is 1240. The molecule has 0 fully saturated rings. The van der Waals surface area contributed by atoms with Crippen molar-refractivity contribution >= 4 is 44.6 Å². The minimum atomic E-state index is -0.273. The SMILES string of the molecule is O=C(Nc1nc(-c2cccnc2)cs1)c1csc(-c2cc3ccccc3[nH]2)n1. The lowest BCUT2D eigenvalue weighted by atomic mass is 10.2. The summed E-state index contributed by atoms with van der Waals surface area (Å²) in [7, 11) is 0. The number of H-pyrrole nitrogens is 1. The lowest BCUT2D eigenvalue weighted by molar-refractivity contribution is 0.102. The zero-order valence-corrected chi connectivity index (χ0v) is 16.1. The number of amides is 1. The number of carbonyl (C=O) groups is 1. The first-order valence-electron chi connectivity index (χ1n) is 8.47. The van der Waals surface area contributed by atoms with Crippen molar-refractivity contribution in [3.05, 3.63) is 71.3 Å². The van der Waals surface area contributed by atoms with Crippen LogP contribution in [0.1, 0.15) is 10.5 Å². The van der Waals surface area contributed by atoms with Crippen molar-refractivity contribution in [2.75, 3.05) is 5.32 Å². The molecule has 0 aliphatic carbocycles. The average Bonchev–Trinajstić information content (AvgIpc) is 3.47. The third kappa shape index (κ3) is 3.19. The van der Waals surface area contributed by atoms with Gasteiger partial charge in [0.15, 0.2) is 5.13 Å². The molecule has 8 heteroatoms. The molecule has 2 N–H and O–H groups in total. The Hall–Kier alpha value is -3.36. The van der Waals surface area contributed by atoms with Crippen LogP contribution in [0.25, 0.3) is 32.9 Å². The molecule has 1 amide bonds. The van der Waals surface area contributed by atoms with E-state index in [4.69, 9.17) is 0 Å². The van der Waals surface area contributed by atoms with Gasteiger partial charge >= 0.3 is 0 Å². The fourth-order valence-corrected chi connectivity index (χ4v) is 4.32. The van der Waals surface area contributed by atoms with E-state index in [2.05, 4.69) is 25.3 Å². The Morgan fingerprint density at radius 2 is 1.96 bits per heavy atom. The molecule has 0 spiro atoms. The van der Waals surface area contributed by atoms with Crippen LogP contribution in [-0.2, 0) is 0 Å². The maximum Gasteiger partial charge on any atom is 0.276 e. The van der Waals surface area contributed by atoms with Gasteiger partial charge in [-0.25, -0.2) is 9.97 Å². The van der Waals surface area contributed by atoms with Crippen molar-refractivity contribution in [1.29, 1.82) is 0 Å². The highest BCUT2D eigenvalue weighted by Gasteiger charge is 2.15. The van der Waals surface area contributed by atoms with Crippen LogP contribution in [0, 0.1) is 0 Å². The van der Waals surface area contributed by atoms with E-state index < -0.39 is 0 Å². The predicted octanol–water partition coefficient (Wildman–Crippen LogP) is 5.06. The minimum Gasteiger partial charge on any atom is -0.353 e. The molecule has 0 saturated heterocycles. The van der Waals surface area contributed by atoms with E-state index in [1.807, 2.05) is 47.8 Å². The van der Waals surface area contributed by atoms with Crippen molar-refractivity contribution in [2.24, 2.45) is 0 Å². The molecule has 0 aliphatic rings. The second-order valence-electron chi connectivity index (χ2n) is 6.04. The number of fused-ring (bicyclic) bond motifs is 1. The van der Waals surface area contributed by atoms with Crippen molar-refractivity contribution in [2.45, 2.75) is 0 Å². The summed E-state index contributed by atoms with van der Waals surface area (Å²) >= 11 is 2.80. The van der Waals surface area contributed by atoms with Crippen molar-refractivity contribution in [3.63, 3.8) is 0 Å². The van der Waals surface area contributed by atoms with E-state index >= 15 is 0 Å². The molecule has 0 radical (unpaired) electrons. The molecule has 0 unspecified atom stereocenters. The molecule has 5 aromatic rings. The van der Waals surface area contributed by atoms with Crippen LogP contribution >= 0.6 is 22.7 Å². The van der Waals surface area contributed by atoms with E-state index in [1.165, 1.54) is 22.7 Å². The molecule has 6 nitrogen and oxygen atoms in total. The number of hydrogen-bond acceptors (Lipinski definition) is 6. The maximum atomic E-state index is 12.6. The van der Waals surface area contributed by atoms with Gasteiger partial charge in [0.05, 0.1) is 11.4 Å². The number of rotatable bonds is 4. The summed E-state index contributed by atoms with van der Waals surface area (Å²) in [6.07, 6.45) is 3.46. The van der Waals surface area contributed by atoms with Crippen LogP contribution in [-0.4, -0.2) is 25.8 Å². The predicted molar refractivity (Wildman–Crippen MR) is 113 cm³/mol. The number of para-hydroxylation sites is 1. The summed E-state index contributed by atoms with van der Waals surface area (Å²) in [6.45, 7) is 0. The Labute approximate surface area is 168 Å². The van der Waals surface area contributed by atoms with Gasteiger partial charge < -0.3 is 4.98 Å². The Kier molecular flexibility index (Phi) is 4.19. The number of carbonyl (C=O) groups excluding carboxylic acids is 1. The normalized spacial score (nSPS) is 11.0. The molecule has 0 saturated carbocycles. The largest absolute Gasteiger partial charge is 0.353 e. The number of benzene rings is 1. The van der Waals surface area contributed by atoms with Crippen LogP contribution in [0.4, 0.5) is 5.13 Å². The summed E-state index contributed by atoms with van der Waals surface area (Å²) < 4.78 is 0. The number of nitrogens with one attached hydrogen (secondary N) is 2. The van der Waals surface area contributed by atoms with Gasteiger partial charge in [-0.15, -0.1) is 22.7 Å². The minimum absolute atomic E-state index is 0.273. The fraction of sp³-hybridized carbons (Fsp3) is 0. The van der Waals surface area contributed by atoms with E-state index in [9.17, 15) is 4.79 Å². The second kappa shape index (κ2) is 6.99. The number of aromatic amines is 1. The first kappa shape index (κ1) is 16.8. The average molecular weight is 403 g/mol. The number of aromatic nitrogens is 4. The molecule has 4 aromatic heterocycles. The standard InChI is InChI=1S/C20H13N5OS2/c26-18(25-20-24-16(10-28-20)13-5-3-7-21-9-13)17-11-27-19(23-17)15-8-12-4-1-2-6-14(12)22-15/h1-11,22H,(H,24,25,26). The zero-order valence-electron chi connectivity index (χ0n) is 14.4. The van der Waals surface area contributed by atoms with E-state index in [0.717, 1.165) is 32.9 Å².